The molecule has 0 heterocycles. The van der Waals surface area contributed by atoms with Crippen LogP contribution in [0.15, 0.2) is 24.3 Å². The van der Waals surface area contributed by atoms with E-state index in [2.05, 4.69) is 52.1 Å². The zero-order chi connectivity index (χ0) is 14.5. The summed E-state index contributed by atoms with van der Waals surface area (Å²) in [6, 6.07) is 8.32. The number of nitrogens with one attached hydrogen (secondary N) is 1. The van der Waals surface area contributed by atoms with Gasteiger partial charge in [-0.3, -0.25) is 0 Å². The van der Waals surface area contributed by atoms with Crippen LogP contribution in [0.3, 0.4) is 0 Å². The Balaban J connectivity index is 2.70. The van der Waals surface area contributed by atoms with Crippen molar-refractivity contribution in [2.45, 2.75) is 58.9 Å². The van der Waals surface area contributed by atoms with Crippen LogP contribution in [0.5, 0.6) is 0 Å². The Morgan fingerprint density at radius 3 is 2.11 bits per heavy atom. The third-order valence-corrected chi connectivity index (χ3v) is 3.56. The average Bonchev–Trinajstić information content (AvgIpc) is 2.29. The molecule has 19 heavy (non-hydrogen) atoms. The van der Waals surface area contributed by atoms with Gasteiger partial charge in [-0.25, -0.2) is 0 Å². The number of hydrogen-bond donors (Lipinski definition) is 1. The fourth-order valence-electron chi connectivity index (χ4n) is 2.09. The summed E-state index contributed by atoms with van der Waals surface area (Å²) in [5, 5.41) is 4.44. The topological polar surface area (TPSA) is 12.0 Å². The lowest BCUT2D eigenvalue weighted by Gasteiger charge is -2.26. The molecule has 1 rings (SSSR count). The molecule has 1 atom stereocenters. The molecule has 0 aliphatic carbocycles. The fourth-order valence-corrected chi connectivity index (χ4v) is 2.21. The molecular weight excluding hydrogens is 254 g/mol. The third-order valence-electron chi connectivity index (χ3n) is 3.31. The number of rotatable bonds is 6. The van der Waals surface area contributed by atoms with Gasteiger partial charge in [-0.2, -0.15) is 0 Å². The van der Waals surface area contributed by atoms with E-state index in [4.69, 9.17) is 11.6 Å². The maximum Gasteiger partial charge on any atom is 0.0406 e. The lowest BCUT2D eigenvalue weighted by Crippen LogP contribution is -2.38. The normalized spacial score (nSPS) is 13.8. The van der Waals surface area contributed by atoms with Gasteiger partial charge in [-0.15, -0.1) is 0 Å². The molecule has 1 nitrogen and oxygen atoms in total. The highest BCUT2D eigenvalue weighted by atomic mass is 35.5. The first-order chi connectivity index (χ1) is 8.78. The van der Waals surface area contributed by atoms with Gasteiger partial charge in [0.2, 0.25) is 0 Å². The molecule has 0 aliphatic heterocycles. The molecule has 0 radical (unpaired) electrons. The molecule has 1 aromatic carbocycles. The molecular formula is C17H28ClN. The highest BCUT2D eigenvalue weighted by Gasteiger charge is 2.16. The summed E-state index contributed by atoms with van der Waals surface area (Å²) in [7, 11) is 0. The molecule has 108 valence electrons. The van der Waals surface area contributed by atoms with Crippen LogP contribution in [0.4, 0.5) is 0 Å². The predicted molar refractivity (Wildman–Crippen MR) is 86.0 cm³/mol. The van der Waals surface area contributed by atoms with Crippen molar-refractivity contribution in [2.24, 2.45) is 5.92 Å². The standard InChI is InChI=1S/C17H28ClN/c1-13(2)6-7-15(12-19-17(3,4)5)14-8-10-16(18)11-9-14/h8-11,13,15,19H,6-7,12H2,1-5H3. The first kappa shape index (κ1) is 16.5. The van der Waals surface area contributed by atoms with Gasteiger partial charge in [0.15, 0.2) is 0 Å². The average molecular weight is 282 g/mol. The zero-order valence-electron chi connectivity index (χ0n) is 13.0. The minimum atomic E-state index is 0.169. The molecule has 0 amide bonds. The van der Waals surface area contributed by atoms with Gasteiger partial charge in [0.1, 0.15) is 0 Å². The molecule has 0 saturated heterocycles. The van der Waals surface area contributed by atoms with Crippen LogP contribution in [0, 0.1) is 5.92 Å². The Hall–Kier alpha value is -0.530. The molecule has 0 spiro atoms. The van der Waals surface area contributed by atoms with Crippen LogP contribution < -0.4 is 5.32 Å². The van der Waals surface area contributed by atoms with Gasteiger partial charge in [0, 0.05) is 17.1 Å². The SMILES string of the molecule is CC(C)CCC(CNC(C)(C)C)c1ccc(Cl)cc1. The van der Waals surface area contributed by atoms with E-state index < -0.39 is 0 Å². The third kappa shape index (κ3) is 6.98. The summed E-state index contributed by atoms with van der Waals surface area (Å²) in [5.41, 5.74) is 1.56. The van der Waals surface area contributed by atoms with Gasteiger partial charge in [0.25, 0.3) is 0 Å². The van der Waals surface area contributed by atoms with Crippen molar-refractivity contribution < 1.29 is 0 Å². The molecule has 0 fully saturated rings. The van der Waals surface area contributed by atoms with Crippen LogP contribution >= 0.6 is 11.6 Å². The summed E-state index contributed by atoms with van der Waals surface area (Å²) >= 11 is 5.98. The van der Waals surface area contributed by atoms with Crippen LogP contribution in [0.1, 0.15) is 58.9 Å². The fraction of sp³-hybridized carbons (Fsp3) is 0.647. The highest BCUT2D eigenvalue weighted by Crippen LogP contribution is 2.25. The van der Waals surface area contributed by atoms with Crippen molar-refractivity contribution in [1.29, 1.82) is 0 Å². The molecule has 1 aromatic rings. The quantitative estimate of drug-likeness (QED) is 0.751. The Morgan fingerprint density at radius 1 is 1.05 bits per heavy atom. The van der Waals surface area contributed by atoms with Gasteiger partial charge < -0.3 is 5.32 Å². The van der Waals surface area contributed by atoms with E-state index in [0.29, 0.717) is 5.92 Å². The van der Waals surface area contributed by atoms with Crippen LogP contribution in [-0.2, 0) is 0 Å². The van der Waals surface area contributed by atoms with Crippen molar-refractivity contribution >= 4 is 11.6 Å². The maximum absolute atomic E-state index is 5.98. The zero-order valence-corrected chi connectivity index (χ0v) is 13.7. The number of benzene rings is 1. The highest BCUT2D eigenvalue weighted by molar-refractivity contribution is 6.30. The summed E-state index contributed by atoms with van der Waals surface area (Å²) in [5.74, 6) is 1.32. The van der Waals surface area contributed by atoms with E-state index in [9.17, 15) is 0 Å². The van der Waals surface area contributed by atoms with Crippen molar-refractivity contribution in [3.8, 4) is 0 Å². The maximum atomic E-state index is 5.98. The van der Waals surface area contributed by atoms with E-state index in [0.717, 1.165) is 17.5 Å². The van der Waals surface area contributed by atoms with Gasteiger partial charge in [-0.1, -0.05) is 44.0 Å². The Kier molecular flexibility index (Phi) is 6.35. The van der Waals surface area contributed by atoms with Crippen molar-refractivity contribution in [3.05, 3.63) is 34.9 Å². The van der Waals surface area contributed by atoms with Crippen LogP contribution in [0.25, 0.3) is 0 Å². The smallest absolute Gasteiger partial charge is 0.0406 e. The monoisotopic (exact) mass is 281 g/mol. The van der Waals surface area contributed by atoms with E-state index >= 15 is 0 Å². The first-order valence-corrected chi connectivity index (χ1v) is 7.66. The van der Waals surface area contributed by atoms with E-state index in [-0.39, 0.29) is 5.54 Å². The Bertz CT molecular complexity index is 362. The molecule has 0 bridgehead atoms. The molecule has 0 aliphatic rings. The second-order valence-electron chi connectivity index (χ2n) is 6.85. The summed E-state index contributed by atoms with van der Waals surface area (Å²) in [4.78, 5) is 0. The predicted octanol–water partition coefficient (Wildman–Crippen LogP) is 5.25. The van der Waals surface area contributed by atoms with Gasteiger partial charge in [-0.05, 0) is 56.7 Å². The van der Waals surface area contributed by atoms with Gasteiger partial charge >= 0.3 is 0 Å². The Labute approximate surface area is 123 Å². The summed E-state index contributed by atoms with van der Waals surface area (Å²) in [6.45, 7) is 12.3. The van der Waals surface area contributed by atoms with E-state index in [1.165, 1.54) is 18.4 Å². The molecule has 2 heteroatoms. The second-order valence-corrected chi connectivity index (χ2v) is 7.29. The second kappa shape index (κ2) is 7.31. The first-order valence-electron chi connectivity index (χ1n) is 7.28. The molecule has 1 N–H and O–H groups in total. The minimum Gasteiger partial charge on any atom is -0.311 e. The van der Waals surface area contributed by atoms with E-state index in [1.54, 1.807) is 0 Å². The van der Waals surface area contributed by atoms with Gasteiger partial charge in [0.05, 0.1) is 0 Å². The number of halogens is 1. The molecule has 0 saturated carbocycles. The van der Waals surface area contributed by atoms with Crippen LogP contribution in [-0.4, -0.2) is 12.1 Å². The van der Waals surface area contributed by atoms with Crippen molar-refractivity contribution in [1.82, 2.24) is 5.32 Å². The molecule has 0 aromatic heterocycles. The van der Waals surface area contributed by atoms with E-state index in [1.807, 2.05) is 12.1 Å². The lowest BCUT2D eigenvalue weighted by atomic mass is 9.90. The molecule has 1 unspecified atom stereocenters. The lowest BCUT2D eigenvalue weighted by molar-refractivity contribution is 0.387. The summed E-state index contributed by atoms with van der Waals surface area (Å²) < 4.78 is 0. The Morgan fingerprint density at radius 2 is 1.63 bits per heavy atom. The van der Waals surface area contributed by atoms with Crippen molar-refractivity contribution in [3.63, 3.8) is 0 Å². The largest absolute Gasteiger partial charge is 0.311 e. The summed E-state index contributed by atoms with van der Waals surface area (Å²) in [6.07, 6.45) is 2.49. The minimum absolute atomic E-state index is 0.169. The van der Waals surface area contributed by atoms with Crippen LogP contribution in [0.2, 0.25) is 5.02 Å². The number of hydrogen-bond acceptors (Lipinski definition) is 1. The van der Waals surface area contributed by atoms with Crippen molar-refractivity contribution in [2.75, 3.05) is 6.54 Å².